The average molecular weight is 240 g/mol. The molecule has 0 aromatic carbocycles. The molecule has 0 spiro atoms. The zero-order chi connectivity index (χ0) is 13.4. The summed E-state index contributed by atoms with van der Waals surface area (Å²) in [4.78, 5) is 11.7. The van der Waals surface area contributed by atoms with Crippen molar-refractivity contribution in [2.75, 3.05) is 0 Å². The molecule has 0 aromatic heterocycles. The first kappa shape index (κ1) is 14.7. The molecule has 0 bridgehead atoms. The molecule has 2 nitrogen and oxygen atoms in total. The molecule has 0 radical (unpaired) electrons. The minimum Gasteiger partial charge on any atom is -0.389 e. The topological polar surface area (TPSA) is 37.3 Å². The zero-order valence-corrected chi connectivity index (χ0v) is 12.2. The molecule has 3 atom stereocenters. The number of carbonyl (C=O) groups excluding carboxylic acids is 1. The quantitative estimate of drug-likeness (QED) is 0.817. The third-order valence-electron chi connectivity index (χ3n) is 4.61. The van der Waals surface area contributed by atoms with Crippen LogP contribution in [0.5, 0.6) is 0 Å². The average Bonchev–Trinajstić information content (AvgIpc) is 2.30. The Morgan fingerprint density at radius 2 is 1.88 bits per heavy atom. The maximum absolute atomic E-state index is 11.7. The monoisotopic (exact) mass is 240 g/mol. The number of aliphatic hydroxyl groups is 1. The van der Waals surface area contributed by atoms with Crippen LogP contribution in [0.2, 0.25) is 0 Å². The first-order chi connectivity index (χ1) is 7.59. The zero-order valence-electron chi connectivity index (χ0n) is 12.2. The Morgan fingerprint density at radius 3 is 2.24 bits per heavy atom. The van der Waals surface area contributed by atoms with Crippen molar-refractivity contribution >= 4 is 5.78 Å². The van der Waals surface area contributed by atoms with E-state index in [2.05, 4.69) is 27.7 Å². The van der Waals surface area contributed by atoms with Gasteiger partial charge in [0, 0.05) is 5.92 Å². The molecule has 0 amide bonds. The molecule has 100 valence electrons. The highest BCUT2D eigenvalue weighted by molar-refractivity contribution is 5.80. The minimum atomic E-state index is -0.829. The Bertz CT molecular complexity index is 289. The molecule has 0 aliphatic heterocycles. The van der Waals surface area contributed by atoms with Crippen LogP contribution < -0.4 is 0 Å². The van der Waals surface area contributed by atoms with Crippen molar-refractivity contribution in [1.82, 2.24) is 0 Å². The second-order valence-electron chi connectivity index (χ2n) is 7.11. The molecule has 0 heterocycles. The van der Waals surface area contributed by atoms with E-state index in [1.807, 2.05) is 6.92 Å². The van der Waals surface area contributed by atoms with E-state index in [4.69, 9.17) is 0 Å². The number of hydrogen-bond acceptors (Lipinski definition) is 2. The van der Waals surface area contributed by atoms with E-state index in [9.17, 15) is 9.90 Å². The summed E-state index contributed by atoms with van der Waals surface area (Å²) in [6.45, 7) is 12.3. The van der Waals surface area contributed by atoms with Gasteiger partial charge in [-0.3, -0.25) is 4.79 Å². The fraction of sp³-hybridized carbons (Fsp3) is 0.933. The summed E-state index contributed by atoms with van der Waals surface area (Å²) in [6, 6.07) is 0. The Labute approximate surface area is 106 Å². The van der Waals surface area contributed by atoms with Gasteiger partial charge in [0.05, 0.1) is 5.60 Å². The molecule has 1 rings (SSSR count). The van der Waals surface area contributed by atoms with Gasteiger partial charge in [0.2, 0.25) is 0 Å². The maximum Gasteiger partial charge on any atom is 0.135 e. The summed E-state index contributed by atoms with van der Waals surface area (Å²) in [6.07, 6.45) is 2.95. The number of carbonyl (C=O) groups is 1. The third-order valence-corrected chi connectivity index (χ3v) is 4.61. The van der Waals surface area contributed by atoms with Crippen LogP contribution >= 0.6 is 0 Å². The highest BCUT2D eigenvalue weighted by Gasteiger charge is 2.55. The van der Waals surface area contributed by atoms with Crippen molar-refractivity contribution in [3.63, 3.8) is 0 Å². The summed E-state index contributed by atoms with van der Waals surface area (Å²) in [5, 5.41) is 10.7. The largest absolute Gasteiger partial charge is 0.389 e. The Kier molecular flexibility index (Phi) is 4.08. The second kappa shape index (κ2) is 4.72. The van der Waals surface area contributed by atoms with Gasteiger partial charge in [0.25, 0.3) is 0 Å². The van der Waals surface area contributed by atoms with E-state index >= 15 is 0 Å². The lowest BCUT2D eigenvalue weighted by Gasteiger charge is -2.35. The van der Waals surface area contributed by atoms with Crippen molar-refractivity contribution in [1.29, 1.82) is 0 Å². The molecular weight excluding hydrogens is 212 g/mol. The Balaban J connectivity index is 2.89. The van der Waals surface area contributed by atoms with Crippen LogP contribution in [0.25, 0.3) is 0 Å². The van der Waals surface area contributed by atoms with E-state index < -0.39 is 5.60 Å². The van der Waals surface area contributed by atoms with Crippen molar-refractivity contribution in [3.05, 3.63) is 0 Å². The van der Waals surface area contributed by atoms with Gasteiger partial charge in [-0.2, -0.15) is 0 Å². The van der Waals surface area contributed by atoms with Crippen LogP contribution in [0.4, 0.5) is 0 Å². The lowest BCUT2D eigenvalue weighted by Crippen LogP contribution is -2.41. The van der Waals surface area contributed by atoms with Gasteiger partial charge in [-0.15, -0.1) is 0 Å². The minimum absolute atomic E-state index is 0.0642. The van der Waals surface area contributed by atoms with Crippen LogP contribution in [0.1, 0.15) is 60.8 Å². The molecule has 1 fully saturated rings. The van der Waals surface area contributed by atoms with Gasteiger partial charge < -0.3 is 5.11 Å². The fourth-order valence-electron chi connectivity index (χ4n) is 3.65. The number of ketones is 1. The number of Topliss-reactive ketones (excluding diaryl/α,β-unsaturated/α-hetero) is 1. The van der Waals surface area contributed by atoms with Crippen LogP contribution in [0, 0.1) is 23.2 Å². The maximum atomic E-state index is 11.7. The van der Waals surface area contributed by atoms with Gasteiger partial charge >= 0.3 is 0 Å². The van der Waals surface area contributed by atoms with Gasteiger partial charge in [-0.05, 0) is 43.9 Å². The van der Waals surface area contributed by atoms with Gasteiger partial charge in [-0.1, -0.05) is 34.1 Å². The van der Waals surface area contributed by atoms with Crippen molar-refractivity contribution in [2.24, 2.45) is 23.2 Å². The fourth-order valence-corrected chi connectivity index (χ4v) is 3.65. The molecule has 1 N–H and O–H groups in total. The standard InChI is InChI=1S/C15H28O2/c1-10(2)7-8-13-14(4,5)9-12(11(3)16)15(13,6)17/h10,12-13,17H,7-9H2,1-6H3/t12-,13?,15+/m1/s1. The van der Waals surface area contributed by atoms with Crippen LogP contribution in [-0.4, -0.2) is 16.5 Å². The molecule has 1 unspecified atom stereocenters. The SMILES string of the molecule is CC(=O)[C@H]1CC(C)(C)C(CCC(C)C)[C@@]1(C)O. The first-order valence-corrected chi connectivity index (χ1v) is 6.82. The van der Waals surface area contributed by atoms with Crippen LogP contribution in [0.3, 0.4) is 0 Å². The molecule has 0 aromatic rings. The molecule has 0 saturated heterocycles. The van der Waals surface area contributed by atoms with Crippen molar-refractivity contribution in [2.45, 2.75) is 66.4 Å². The predicted molar refractivity (Wildman–Crippen MR) is 70.8 cm³/mol. The van der Waals surface area contributed by atoms with E-state index in [0.29, 0.717) is 5.92 Å². The van der Waals surface area contributed by atoms with Crippen LogP contribution in [0.15, 0.2) is 0 Å². The third kappa shape index (κ3) is 2.90. The highest BCUT2D eigenvalue weighted by atomic mass is 16.3. The molecule has 1 saturated carbocycles. The van der Waals surface area contributed by atoms with Gasteiger partial charge in [-0.25, -0.2) is 0 Å². The normalized spacial score (nSPS) is 36.5. The Morgan fingerprint density at radius 1 is 1.35 bits per heavy atom. The lowest BCUT2D eigenvalue weighted by molar-refractivity contribution is -0.129. The predicted octanol–water partition coefficient (Wildman–Crippen LogP) is 3.42. The summed E-state index contributed by atoms with van der Waals surface area (Å²) >= 11 is 0. The van der Waals surface area contributed by atoms with Gasteiger partial charge in [0.1, 0.15) is 5.78 Å². The first-order valence-electron chi connectivity index (χ1n) is 6.82. The second-order valence-corrected chi connectivity index (χ2v) is 7.11. The lowest BCUT2D eigenvalue weighted by atomic mass is 9.73. The summed E-state index contributed by atoms with van der Waals surface area (Å²) in [7, 11) is 0. The van der Waals surface area contributed by atoms with Crippen LogP contribution in [-0.2, 0) is 4.79 Å². The number of rotatable bonds is 4. The van der Waals surface area contributed by atoms with E-state index in [1.165, 1.54) is 0 Å². The van der Waals surface area contributed by atoms with Crippen molar-refractivity contribution in [3.8, 4) is 0 Å². The van der Waals surface area contributed by atoms with E-state index in [1.54, 1.807) is 6.92 Å². The highest BCUT2D eigenvalue weighted by Crippen LogP contribution is 2.54. The molecule has 2 heteroatoms. The van der Waals surface area contributed by atoms with E-state index in [-0.39, 0.29) is 23.0 Å². The summed E-state index contributed by atoms with van der Waals surface area (Å²) in [5.74, 6) is 0.828. The molecular formula is C15H28O2. The summed E-state index contributed by atoms with van der Waals surface area (Å²) < 4.78 is 0. The van der Waals surface area contributed by atoms with E-state index in [0.717, 1.165) is 19.3 Å². The smallest absolute Gasteiger partial charge is 0.135 e. The molecule has 1 aliphatic rings. The molecule has 17 heavy (non-hydrogen) atoms. The van der Waals surface area contributed by atoms with Crippen molar-refractivity contribution < 1.29 is 9.90 Å². The van der Waals surface area contributed by atoms with Gasteiger partial charge in [0.15, 0.2) is 0 Å². The Hall–Kier alpha value is -0.370. The molecule has 1 aliphatic carbocycles. The summed E-state index contributed by atoms with van der Waals surface area (Å²) in [5.41, 5.74) is -0.765. The number of hydrogen-bond donors (Lipinski definition) is 1.